The summed E-state index contributed by atoms with van der Waals surface area (Å²) in [5.41, 5.74) is 5.35. The summed E-state index contributed by atoms with van der Waals surface area (Å²) in [6.45, 7) is 3.60. The summed E-state index contributed by atoms with van der Waals surface area (Å²) in [5, 5.41) is 0. The van der Waals surface area contributed by atoms with Crippen LogP contribution in [0.25, 0.3) is 0 Å². The molecule has 0 aliphatic carbocycles. The first-order chi connectivity index (χ1) is 27.8. The van der Waals surface area contributed by atoms with Crippen molar-refractivity contribution in [1.82, 2.24) is 0 Å². The Morgan fingerprint density at radius 3 is 1.47 bits per heavy atom. The van der Waals surface area contributed by atoms with Crippen molar-refractivity contribution < 1.29 is 37.6 Å². The van der Waals surface area contributed by atoms with Crippen LogP contribution in [0.4, 0.5) is 0 Å². The van der Waals surface area contributed by atoms with Crippen LogP contribution < -0.4 is 5.73 Å². The molecule has 57 heavy (non-hydrogen) atoms. The molecule has 0 aliphatic rings. The zero-order chi connectivity index (χ0) is 41.8. The molecule has 0 aliphatic heterocycles. The molecule has 9 nitrogen and oxygen atoms in total. The molecule has 0 saturated heterocycles. The van der Waals surface area contributed by atoms with Gasteiger partial charge in [0.15, 0.2) is 6.10 Å². The lowest BCUT2D eigenvalue weighted by molar-refractivity contribution is -0.161. The molecule has 328 valence electrons. The summed E-state index contributed by atoms with van der Waals surface area (Å²) >= 11 is 0. The zero-order valence-electron chi connectivity index (χ0n) is 36.0. The van der Waals surface area contributed by atoms with Gasteiger partial charge in [-0.15, -0.1) is 0 Å². The topological polar surface area (TPSA) is 134 Å². The van der Waals surface area contributed by atoms with Crippen LogP contribution >= 0.6 is 7.82 Å². The maximum atomic E-state index is 12.6. The second kappa shape index (κ2) is 43.0. The van der Waals surface area contributed by atoms with Crippen LogP contribution in [-0.2, 0) is 32.7 Å². The molecular weight excluding hydrogens is 737 g/mol. The maximum Gasteiger partial charge on any atom is 0.472 e. The van der Waals surface area contributed by atoms with Gasteiger partial charge in [0.2, 0.25) is 0 Å². The van der Waals surface area contributed by atoms with E-state index in [0.717, 1.165) is 44.9 Å². The van der Waals surface area contributed by atoms with Crippen LogP contribution in [0.2, 0.25) is 0 Å². The zero-order valence-corrected chi connectivity index (χ0v) is 36.9. The second-order valence-corrected chi connectivity index (χ2v) is 16.0. The fourth-order valence-electron chi connectivity index (χ4n) is 5.73. The van der Waals surface area contributed by atoms with Crippen molar-refractivity contribution in [2.75, 3.05) is 26.4 Å². The molecular formula is C47H82NO8P. The van der Waals surface area contributed by atoms with Gasteiger partial charge in [-0.3, -0.25) is 18.6 Å². The van der Waals surface area contributed by atoms with Gasteiger partial charge in [0.1, 0.15) is 6.61 Å². The molecule has 3 N–H and O–H groups in total. The van der Waals surface area contributed by atoms with E-state index in [-0.39, 0.29) is 32.6 Å². The number of hydrogen-bond acceptors (Lipinski definition) is 8. The Kier molecular flexibility index (Phi) is 41.1. The van der Waals surface area contributed by atoms with Crippen LogP contribution in [0.1, 0.15) is 181 Å². The number of ether oxygens (including phenoxy) is 2. The van der Waals surface area contributed by atoms with Gasteiger partial charge in [0.25, 0.3) is 0 Å². The Hall–Kier alpha value is -2.55. The average molecular weight is 820 g/mol. The van der Waals surface area contributed by atoms with E-state index in [1.54, 1.807) is 0 Å². The van der Waals surface area contributed by atoms with Crippen molar-refractivity contribution in [3.05, 3.63) is 72.9 Å². The standard InChI is InChI=1S/C47H82NO8P/c1-3-5-7-9-11-13-15-17-19-21-22-24-25-27-29-31-33-35-37-39-46(49)53-43-45(44-55-57(51,52)54-42-41-48)56-47(50)40-38-36-34-32-30-28-26-23-20-18-16-14-12-10-8-6-4-2/h11,13-14,16-17,19,22,24,27,29,33,35,45H,3-10,12,15,18,20-21,23,25-26,28,30-32,34,36-44,48H2,1-2H3,(H,51,52)/b13-11+,16-14+,19-17+,24-22+,29-27+,35-33+/t45-/m1/s1. The molecule has 10 heteroatoms. The predicted octanol–water partition coefficient (Wildman–Crippen LogP) is 13.1. The molecule has 0 bridgehead atoms. The number of phosphoric acid groups is 1. The average Bonchev–Trinajstić information content (AvgIpc) is 3.20. The van der Waals surface area contributed by atoms with Crippen molar-refractivity contribution in [3.63, 3.8) is 0 Å². The Balaban J connectivity index is 4.27. The minimum Gasteiger partial charge on any atom is -0.462 e. The van der Waals surface area contributed by atoms with Crippen LogP contribution in [0.3, 0.4) is 0 Å². The number of nitrogens with two attached hydrogens (primary N) is 1. The Bertz CT molecular complexity index is 1160. The molecule has 1 unspecified atom stereocenters. The van der Waals surface area contributed by atoms with Gasteiger partial charge < -0.3 is 20.1 Å². The van der Waals surface area contributed by atoms with Crippen molar-refractivity contribution >= 4 is 19.8 Å². The molecule has 0 saturated carbocycles. The van der Waals surface area contributed by atoms with Crippen LogP contribution in [0.15, 0.2) is 72.9 Å². The summed E-state index contributed by atoms with van der Waals surface area (Å²) in [4.78, 5) is 34.9. The second-order valence-electron chi connectivity index (χ2n) is 14.6. The minimum absolute atomic E-state index is 0.0408. The summed E-state index contributed by atoms with van der Waals surface area (Å²) in [7, 11) is -4.40. The van der Waals surface area contributed by atoms with Crippen molar-refractivity contribution in [2.24, 2.45) is 5.73 Å². The van der Waals surface area contributed by atoms with Crippen LogP contribution in [0, 0.1) is 0 Å². The van der Waals surface area contributed by atoms with Gasteiger partial charge in [-0.05, 0) is 77.0 Å². The molecule has 0 rings (SSSR count). The third kappa shape index (κ3) is 42.9. The van der Waals surface area contributed by atoms with Crippen LogP contribution in [0.5, 0.6) is 0 Å². The number of unbranched alkanes of at least 4 members (excludes halogenated alkanes) is 16. The highest BCUT2D eigenvalue weighted by atomic mass is 31.2. The number of esters is 2. The molecule has 0 fully saturated rings. The first-order valence-corrected chi connectivity index (χ1v) is 23.9. The van der Waals surface area contributed by atoms with Gasteiger partial charge in [0.05, 0.1) is 13.2 Å². The molecule has 0 aromatic carbocycles. The van der Waals surface area contributed by atoms with E-state index >= 15 is 0 Å². The summed E-state index contributed by atoms with van der Waals surface area (Å²) in [6, 6.07) is 0. The van der Waals surface area contributed by atoms with Gasteiger partial charge in [-0.1, -0.05) is 164 Å². The monoisotopic (exact) mass is 820 g/mol. The first-order valence-electron chi connectivity index (χ1n) is 22.4. The SMILES string of the molecule is CCCCC/C=C/C/C=C/C/C=C/C/C=C/C/C=C/CCC(=O)OC[C@H](COP(=O)(O)OCCN)OC(=O)CCCCCCCCCCC/C=C/CCCCCC. The lowest BCUT2D eigenvalue weighted by Gasteiger charge is -2.19. The molecule has 0 amide bonds. The van der Waals surface area contributed by atoms with Crippen LogP contribution in [-0.4, -0.2) is 49.3 Å². The van der Waals surface area contributed by atoms with E-state index in [1.165, 1.54) is 96.3 Å². The van der Waals surface area contributed by atoms with E-state index in [0.29, 0.717) is 12.8 Å². The third-order valence-electron chi connectivity index (χ3n) is 9.08. The predicted molar refractivity (Wildman–Crippen MR) is 238 cm³/mol. The molecule has 0 spiro atoms. The highest BCUT2D eigenvalue weighted by molar-refractivity contribution is 7.47. The van der Waals surface area contributed by atoms with Gasteiger partial charge in [0, 0.05) is 19.4 Å². The molecule has 0 radical (unpaired) electrons. The van der Waals surface area contributed by atoms with Crippen molar-refractivity contribution in [2.45, 2.75) is 187 Å². The summed E-state index contributed by atoms with van der Waals surface area (Å²) < 4.78 is 32.7. The fourth-order valence-corrected chi connectivity index (χ4v) is 6.49. The number of allylic oxidation sites excluding steroid dienone is 12. The molecule has 0 aromatic heterocycles. The minimum atomic E-state index is -4.40. The van der Waals surface area contributed by atoms with E-state index in [2.05, 4.69) is 74.6 Å². The van der Waals surface area contributed by atoms with Gasteiger partial charge in [-0.25, -0.2) is 4.57 Å². The number of phosphoric ester groups is 1. The normalized spacial score (nSPS) is 14.0. The Morgan fingerprint density at radius 2 is 0.947 bits per heavy atom. The maximum absolute atomic E-state index is 12.6. The van der Waals surface area contributed by atoms with E-state index in [4.69, 9.17) is 24.3 Å². The summed E-state index contributed by atoms with van der Waals surface area (Å²) in [6.07, 6.45) is 52.3. The first kappa shape index (κ1) is 54.5. The van der Waals surface area contributed by atoms with Gasteiger partial charge >= 0.3 is 19.8 Å². The smallest absolute Gasteiger partial charge is 0.462 e. The van der Waals surface area contributed by atoms with Crippen molar-refractivity contribution in [3.8, 4) is 0 Å². The molecule has 2 atom stereocenters. The Morgan fingerprint density at radius 1 is 0.526 bits per heavy atom. The van der Waals surface area contributed by atoms with E-state index in [9.17, 15) is 19.0 Å². The highest BCUT2D eigenvalue weighted by Crippen LogP contribution is 2.43. The Labute approximate surface area is 348 Å². The quantitative estimate of drug-likeness (QED) is 0.0267. The number of rotatable bonds is 41. The lowest BCUT2D eigenvalue weighted by Crippen LogP contribution is -2.29. The highest BCUT2D eigenvalue weighted by Gasteiger charge is 2.25. The largest absolute Gasteiger partial charge is 0.472 e. The van der Waals surface area contributed by atoms with E-state index < -0.39 is 32.5 Å². The lowest BCUT2D eigenvalue weighted by atomic mass is 10.1. The summed E-state index contributed by atoms with van der Waals surface area (Å²) in [5.74, 6) is -0.930. The third-order valence-corrected chi connectivity index (χ3v) is 10.1. The number of carbonyl (C=O) groups is 2. The molecule has 0 aromatic rings. The van der Waals surface area contributed by atoms with Crippen molar-refractivity contribution in [1.29, 1.82) is 0 Å². The van der Waals surface area contributed by atoms with E-state index in [1.807, 2.05) is 12.2 Å². The number of carbonyl (C=O) groups excluding carboxylic acids is 2. The number of hydrogen-bond donors (Lipinski definition) is 2. The fraction of sp³-hybridized carbons (Fsp3) is 0.702. The van der Waals surface area contributed by atoms with Gasteiger partial charge in [-0.2, -0.15) is 0 Å². The molecule has 0 heterocycles.